The van der Waals surface area contributed by atoms with E-state index in [1.165, 1.54) is 93.7 Å². The van der Waals surface area contributed by atoms with Gasteiger partial charge in [0.2, 0.25) is 0 Å². The van der Waals surface area contributed by atoms with Gasteiger partial charge >= 0.3 is 12.0 Å². The maximum atomic E-state index is 13.8. The summed E-state index contributed by atoms with van der Waals surface area (Å²) in [5.41, 5.74) is 1.08. The number of carbonyl (C=O) groups is 5. The highest BCUT2D eigenvalue weighted by atomic mass is 35.5. The van der Waals surface area contributed by atoms with E-state index in [-0.39, 0.29) is 28.4 Å². The number of benzene rings is 2. The lowest BCUT2D eigenvalue weighted by molar-refractivity contribution is -0.133. The molecule has 2 heterocycles. The van der Waals surface area contributed by atoms with E-state index in [0.717, 1.165) is 24.2 Å². The third kappa shape index (κ3) is 10.4. The third-order valence-corrected chi connectivity index (χ3v) is 9.91. The number of esters is 1. The highest BCUT2D eigenvalue weighted by Gasteiger charge is 2.53. The van der Waals surface area contributed by atoms with Crippen LogP contribution in [0.15, 0.2) is 42.5 Å². The minimum Gasteiger partial charge on any atom is -0.462 e. The Morgan fingerprint density at radius 1 is 0.878 bits per heavy atom. The first-order valence-electron chi connectivity index (χ1n) is 18.3. The number of ketones is 1. The molecule has 0 spiro atoms. The Labute approximate surface area is 296 Å². The number of halogens is 1. The fourth-order valence-corrected chi connectivity index (χ4v) is 6.89. The molecule has 0 aromatic heterocycles. The number of hydrogen-bond donors (Lipinski definition) is 1. The highest BCUT2D eigenvalue weighted by molar-refractivity contribution is 6.34. The van der Waals surface area contributed by atoms with Gasteiger partial charge in [0.15, 0.2) is 11.8 Å². The number of anilines is 1. The van der Waals surface area contributed by atoms with Crippen LogP contribution < -0.4 is 5.32 Å². The van der Waals surface area contributed by atoms with Gasteiger partial charge in [-0.3, -0.25) is 14.4 Å². The minimum absolute atomic E-state index is 0.0692. The van der Waals surface area contributed by atoms with Gasteiger partial charge in [0.05, 0.1) is 22.9 Å². The molecule has 4 amide bonds. The van der Waals surface area contributed by atoms with Crippen molar-refractivity contribution < 1.29 is 28.7 Å². The molecule has 2 fully saturated rings. The van der Waals surface area contributed by atoms with Crippen LogP contribution in [-0.2, 0) is 14.3 Å². The highest BCUT2D eigenvalue weighted by Crippen LogP contribution is 2.31. The second-order valence-corrected chi connectivity index (χ2v) is 13.7. The van der Waals surface area contributed by atoms with Crippen molar-refractivity contribution in [3.8, 4) is 0 Å². The number of carbonyl (C=O) groups excluding carboxylic acids is 5. The maximum Gasteiger partial charge on any atom is 0.338 e. The van der Waals surface area contributed by atoms with Gasteiger partial charge < -0.3 is 15.0 Å². The number of imide groups is 1. The van der Waals surface area contributed by atoms with Crippen LogP contribution in [0.5, 0.6) is 0 Å². The third-order valence-electron chi connectivity index (χ3n) is 9.58. The standard InChI is InChI=1S/C39H52ClN3O6/c1-3-4-5-6-7-8-9-10-11-12-13-14-15-18-26-49-38(47)29-23-24-31(40)32(27-29)41-36(45)34(35(44)30-21-17-16-20-28(30)2)43-37(46)33-22-19-25-42(33)39(43)48/h16-17,20-21,23-24,27,33-34H,3-15,18-19,22,25-26H2,1-2H3,(H,41,45). The molecule has 266 valence electrons. The van der Waals surface area contributed by atoms with Gasteiger partial charge in [-0.05, 0) is 49.9 Å². The van der Waals surface area contributed by atoms with E-state index in [1.54, 1.807) is 31.2 Å². The molecule has 2 aliphatic heterocycles. The zero-order valence-corrected chi connectivity index (χ0v) is 29.9. The number of nitrogens with zero attached hydrogens (tertiary/aromatic N) is 2. The van der Waals surface area contributed by atoms with Crippen molar-refractivity contribution in [1.82, 2.24) is 9.80 Å². The van der Waals surface area contributed by atoms with Crippen LogP contribution in [0.4, 0.5) is 10.5 Å². The molecule has 2 unspecified atom stereocenters. The molecule has 0 aliphatic carbocycles. The molecule has 2 aliphatic rings. The monoisotopic (exact) mass is 693 g/mol. The largest absolute Gasteiger partial charge is 0.462 e. The predicted molar refractivity (Wildman–Crippen MR) is 192 cm³/mol. The summed E-state index contributed by atoms with van der Waals surface area (Å²) in [5, 5.41) is 2.74. The van der Waals surface area contributed by atoms with E-state index in [9.17, 15) is 24.0 Å². The summed E-state index contributed by atoms with van der Waals surface area (Å²) < 4.78 is 5.49. The summed E-state index contributed by atoms with van der Waals surface area (Å²) in [6.07, 6.45) is 18.5. The van der Waals surface area contributed by atoms with E-state index in [4.69, 9.17) is 16.3 Å². The summed E-state index contributed by atoms with van der Waals surface area (Å²) in [6.45, 7) is 4.64. The molecule has 2 aromatic rings. The quantitative estimate of drug-likeness (QED) is 0.0459. The number of fused-ring (bicyclic) bond motifs is 1. The van der Waals surface area contributed by atoms with Crippen LogP contribution >= 0.6 is 11.6 Å². The van der Waals surface area contributed by atoms with E-state index < -0.39 is 41.7 Å². The minimum atomic E-state index is -1.75. The van der Waals surface area contributed by atoms with Gasteiger partial charge in [0.25, 0.3) is 11.8 Å². The molecule has 2 atom stereocenters. The Hall–Kier alpha value is -3.72. The summed E-state index contributed by atoms with van der Waals surface area (Å²) in [4.78, 5) is 69.4. The molecule has 0 bridgehead atoms. The summed E-state index contributed by atoms with van der Waals surface area (Å²) in [7, 11) is 0. The lowest BCUT2D eigenvalue weighted by Crippen LogP contribution is -2.53. The fraction of sp³-hybridized carbons (Fsp3) is 0.564. The second-order valence-electron chi connectivity index (χ2n) is 13.3. The number of hydrogen-bond acceptors (Lipinski definition) is 6. The van der Waals surface area contributed by atoms with Crippen LogP contribution in [0.2, 0.25) is 5.02 Å². The van der Waals surface area contributed by atoms with E-state index in [1.807, 2.05) is 0 Å². The number of amides is 4. The molecule has 10 heteroatoms. The Morgan fingerprint density at radius 3 is 2.10 bits per heavy atom. The van der Waals surface area contributed by atoms with E-state index in [2.05, 4.69) is 12.2 Å². The Balaban J connectivity index is 1.27. The van der Waals surface area contributed by atoms with Gasteiger partial charge in [0, 0.05) is 12.1 Å². The topological polar surface area (TPSA) is 113 Å². The first-order chi connectivity index (χ1) is 23.7. The number of ether oxygens (including phenoxy) is 1. The molecule has 2 saturated heterocycles. The van der Waals surface area contributed by atoms with Crippen molar-refractivity contribution in [3.63, 3.8) is 0 Å². The molecule has 9 nitrogen and oxygen atoms in total. The average molecular weight is 694 g/mol. The number of unbranched alkanes of at least 4 members (excludes halogenated alkanes) is 13. The van der Waals surface area contributed by atoms with Crippen molar-refractivity contribution >= 4 is 46.9 Å². The zero-order chi connectivity index (χ0) is 35.2. The maximum absolute atomic E-state index is 13.8. The molecule has 4 rings (SSSR count). The first kappa shape index (κ1) is 38.1. The first-order valence-corrected chi connectivity index (χ1v) is 18.6. The van der Waals surface area contributed by atoms with Crippen molar-refractivity contribution in [3.05, 3.63) is 64.2 Å². The summed E-state index contributed by atoms with van der Waals surface area (Å²) >= 11 is 6.40. The van der Waals surface area contributed by atoms with E-state index in [0.29, 0.717) is 24.9 Å². The lowest BCUT2D eigenvalue weighted by Gasteiger charge is -2.25. The molecule has 1 N–H and O–H groups in total. The van der Waals surface area contributed by atoms with Gasteiger partial charge in [-0.2, -0.15) is 0 Å². The molecule has 2 aromatic carbocycles. The van der Waals surface area contributed by atoms with E-state index >= 15 is 0 Å². The summed E-state index contributed by atoms with van der Waals surface area (Å²) in [5.74, 6) is -2.71. The molecule has 49 heavy (non-hydrogen) atoms. The molecular formula is C39H52ClN3O6. The normalized spacial score (nSPS) is 16.2. The number of rotatable bonds is 21. The van der Waals surface area contributed by atoms with Crippen LogP contribution in [0, 0.1) is 6.92 Å². The molecular weight excluding hydrogens is 642 g/mol. The van der Waals surface area contributed by atoms with Crippen molar-refractivity contribution in [2.75, 3.05) is 18.5 Å². The number of Topliss-reactive ketones (excluding diaryl/α,β-unsaturated/α-hetero) is 1. The Bertz CT molecular complexity index is 1440. The van der Waals surface area contributed by atoms with Crippen LogP contribution in [0.1, 0.15) is 136 Å². The number of urea groups is 1. The Kier molecular flexibility index (Phi) is 15.1. The van der Waals surface area contributed by atoms with Gasteiger partial charge in [0.1, 0.15) is 6.04 Å². The van der Waals surface area contributed by atoms with Crippen LogP contribution in [0.3, 0.4) is 0 Å². The number of aryl methyl sites for hydroxylation is 1. The van der Waals surface area contributed by atoms with Crippen molar-refractivity contribution in [2.24, 2.45) is 0 Å². The lowest BCUT2D eigenvalue weighted by atomic mass is 9.97. The van der Waals surface area contributed by atoms with Gasteiger partial charge in [-0.15, -0.1) is 0 Å². The fourth-order valence-electron chi connectivity index (χ4n) is 6.73. The number of nitrogens with one attached hydrogen (secondary N) is 1. The zero-order valence-electron chi connectivity index (χ0n) is 29.1. The molecule has 0 radical (unpaired) electrons. The second kappa shape index (κ2) is 19.5. The SMILES string of the molecule is CCCCCCCCCCCCCCCCOC(=O)c1ccc(Cl)c(NC(=O)C(C(=O)c2ccccc2C)N2C(=O)C3CCCN3C2=O)c1. The smallest absolute Gasteiger partial charge is 0.338 e. The van der Waals surface area contributed by atoms with Gasteiger partial charge in [-0.1, -0.05) is 126 Å². The van der Waals surface area contributed by atoms with Crippen LogP contribution in [-0.4, -0.2) is 64.6 Å². The summed E-state index contributed by atoms with van der Waals surface area (Å²) in [6, 6.07) is 7.94. The van der Waals surface area contributed by atoms with Crippen molar-refractivity contribution in [1.29, 1.82) is 0 Å². The van der Waals surface area contributed by atoms with Gasteiger partial charge in [-0.25, -0.2) is 14.5 Å². The predicted octanol–water partition coefficient (Wildman–Crippen LogP) is 8.90. The van der Waals surface area contributed by atoms with Crippen LogP contribution in [0.25, 0.3) is 0 Å². The Morgan fingerprint density at radius 2 is 1.49 bits per heavy atom. The average Bonchev–Trinajstić information content (AvgIpc) is 3.67. The molecule has 0 saturated carbocycles. The van der Waals surface area contributed by atoms with Crippen molar-refractivity contribution in [2.45, 2.75) is 129 Å².